The predicted molar refractivity (Wildman–Crippen MR) is 156 cm³/mol. The molecule has 40 heavy (non-hydrogen) atoms. The molecule has 4 aromatic heterocycles. The predicted octanol–water partition coefficient (Wildman–Crippen LogP) is 7.70. The quantitative estimate of drug-likeness (QED) is 0.198. The van der Waals surface area contributed by atoms with Gasteiger partial charge in [0.25, 0.3) is 0 Å². The van der Waals surface area contributed by atoms with Gasteiger partial charge in [0.1, 0.15) is 17.0 Å². The highest BCUT2D eigenvalue weighted by Crippen LogP contribution is 2.29. The Hall–Kier alpha value is -3.95. The van der Waals surface area contributed by atoms with E-state index in [0.29, 0.717) is 41.9 Å². The second-order valence-electron chi connectivity index (χ2n) is 9.88. The number of carbonyl (C=O) groups is 1. The first-order valence-electron chi connectivity index (χ1n) is 13.8. The SMILES string of the molecule is CCCC(F)(F)CCC(C)CC.CCc1ccn2nc(-c3ccccn3)nc(Nc3ccnc(NC(C)=O)c3)c12. The van der Waals surface area contributed by atoms with Crippen LogP contribution in [0.1, 0.15) is 72.3 Å². The number of nitrogens with zero attached hydrogens (tertiary/aromatic N) is 5. The fourth-order valence-electron chi connectivity index (χ4n) is 4.11. The molecule has 4 aromatic rings. The Labute approximate surface area is 234 Å². The molecule has 0 aliphatic carbocycles. The maximum absolute atomic E-state index is 12.9. The molecule has 0 fully saturated rings. The Kier molecular flexibility index (Phi) is 11.0. The topological polar surface area (TPSA) is 97.1 Å². The molecule has 0 bridgehead atoms. The molecular weight excluding hydrogens is 512 g/mol. The van der Waals surface area contributed by atoms with Gasteiger partial charge in [-0.2, -0.15) is 0 Å². The number of alkyl halides is 2. The lowest BCUT2D eigenvalue weighted by atomic mass is 9.98. The molecule has 214 valence electrons. The van der Waals surface area contributed by atoms with E-state index in [1.807, 2.05) is 54.9 Å². The van der Waals surface area contributed by atoms with Gasteiger partial charge in [-0.25, -0.2) is 23.3 Å². The van der Waals surface area contributed by atoms with Crippen LogP contribution in [-0.4, -0.2) is 36.4 Å². The number of carbonyl (C=O) groups excluding carboxylic acids is 1. The summed E-state index contributed by atoms with van der Waals surface area (Å²) < 4.78 is 27.7. The molecule has 1 unspecified atom stereocenters. The van der Waals surface area contributed by atoms with Crippen molar-refractivity contribution in [2.24, 2.45) is 5.92 Å². The molecule has 0 aliphatic heterocycles. The first-order valence-corrected chi connectivity index (χ1v) is 13.8. The molecule has 2 N–H and O–H groups in total. The zero-order valence-corrected chi connectivity index (χ0v) is 23.9. The molecule has 1 atom stereocenters. The van der Waals surface area contributed by atoms with Crippen LogP contribution in [0, 0.1) is 5.92 Å². The second-order valence-corrected chi connectivity index (χ2v) is 9.88. The van der Waals surface area contributed by atoms with Gasteiger partial charge in [-0.05, 0) is 48.6 Å². The summed E-state index contributed by atoms with van der Waals surface area (Å²) >= 11 is 0. The zero-order chi connectivity index (χ0) is 29.1. The second kappa shape index (κ2) is 14.4. The summed E-state index contributed by atoms with van der Waals surface area (Å²) in [7, 11) is 0. The standard InChI is InChI=1S/C20H19N7O.C10H20F2/c1-3-14-8-11-27-18(14)20(25-19(26-27)16-6-4-5-9-21-16)24-15-7-10-22-17(12-15)23-13(2)28;1-4-7-10(11,12)8-6-9(3)5-2/h4-12H,3H2,1-2H3,(H2,22,23,24,25,26,28);9H,4-8H2,1-3H3. The molecule has 0 radical (unpaired) electrons. The van der Waals surface area contributed by atoms with Crippen molar-refractivity contribution in [2.45, 2.75) is 79.1 Å². The minimum atomic E-state index is -2.42. The lowest BCUT2D eigenvalue weighted by Gasteiger charge is -2.17. The largest absolute Gasteiger partial charge is 0.338 e. The van der Waals surface area contributed by atoms with Crippen molar-refractivity contribution >= 4 is 28.7 Å². The summed E-state index contributed by atoms with van der Waals surface area (Å²) in [6.07, 6.45) is 8.46. The van der Waals surface area contributed by atoms with Crippen LogP contribution in [0.15, 0.2) is 55.0 Å². The van der Waals surface area contributed by atoms with Gasteiger partial charge in [-0.1, -0.05) is 46.6 Å². The number of pyridine rings is 2. The molecule has 0 saturated carbocycles. The van der Waals surface area contributed by atoms with Crippen LogP contribution < -0.4 is 10.6 Å². The molecule has 10 heteroatoms. The van der Waals surface area contributed by atoms with Gasteiger partial charge in [0.2, 0.25) is 17.7 Å². The van der Waals surface area contributed by atoms with Crippen LogP contribution in [-0.2, 0) is 11.2 Å². The van der Waals surface area contributed by atoms with Gasteiger partial charge >= 0.3 is 0 Å². The minimum absolute atomic E-state index is 0.0451. The Bertz CT molecular complexity index is 1380. The molecule has 4 rings (SSSR count). The number of nitrogens with one attached hydrogen (secondary N) is 2. The van der Waals surface area contributed by atoms with Gasteiger partial charge < -0.3 is 10.6 Å². The molecule has 0 aliphatic rings. The number of amides is 1. The maximum atomic E-state index is 12.9. The number of aromatic nitrogens is 5. The normalized spacial score (nSPS) is 12.0. The van der Waals surface area contributed by atoms with Crippen molar-refractivity contribution < 1.29 is 13.6 Å². The van der Waals surface area contributed by atoms with Gasteiger partial charge in [0.05, 0.1) is 0 Å². The van der Waals surface area contributed by atoms with E-state index < -0.39 is 5.92 Å². The third-order valence-electron chi connectivity index (χ3n) is 6.51. The Balaban J connectivity index is 0.000000312. The lowest BCUT2D eigenvalue weighted by molar-refractivity contribution is -0.114. The number of halogens is 2. The Morgan fingerprint density at radius 3 is 2.52 bits per heavy atom. The number of fused-ring (bicyclic) bond motifs is 1. The van der Waals surface area contributed by atoms with E-state index in [2.05, 4.69) is 32.6 Å². The first kappa shape index (κ1) is 30.6. The van der Waals surface area contributed by atoms with E-state index in [9.17, 15) is 13.6 Å². The lowest BCUT2D eigenvalue weighted by Crippen LogP contribution is -2.16. The van der Waals surface area contributed by atoms with E-state index in [4.69, 9.17) is 4.98 Å². The van der Waals surface area contributed by atoms with Gasteiger partial charge in [-0.15, -0.1) is 5.10 Å². The summed E-state index contributed by atoms with van der Waals surface area (Å²) in [6.45, 7) is 9.41. The van der Waals surface area contributed by atoms with Gasteiger partial charge in [0, 0.05) is 50.1 Å². The number of rotatable bonds is 11. The van der Waals surface area contributed by atoms with Crippen molar-refractivity contribution in [3.05, 3.63) is 60.6 Å². The van der Waals surface area contributed by atoms with Crippen molar-refractivity contribution in [2.75, 3.05) is 10.6 Å². The summed E-state index contributed by atoms with van der Waals surface area (Å²) in [5.74, 6) is -0.502. The van der Waals surface area contributed by atoms with Crippen LogP contribution in [0.3, 0.4) is 0 Å². The summed E-state index contributed by atoms with van der Waals surface area (Å²) in [5, 5.41) is 10.6. The summed E-state index contributed by atoms with van der Waals surface area (Å²) in [4.78, 5) is 24.5. The van der Waals surface area contributed by atoms with Gasteiger partial charge in [-0.3, -0.25) is 9.78 Å². The Morgan fingerprint density at radius 1 is 1.07 bits per heavy atom. The molecule has 0 spiro atoms. The molecule has 0 aromatic carbocycles. The molecule has 8 nitrogen and oxygen atoms in total. The van der Waals surface area contributed by atoms with Crippen molar-refractivity contribution in [1.29, 1.82) is 0 Å². The maximum Gasteiger partial charge on any atom is 0.248 e. The van der Waals surface area contributed by atoms with Crippen LogP contribution in [0.5, 0.6) is 0 Å². The monoisotopic (exact) mass is 551 g/mol. The highest BCUT2D eigenvalue weighted by atomic mass is 19.3. The summed E-state index contributed by atoms with van der Waals surface area (Å²) in [6, 6.07) is 11.2. The van der Waals surface area contributed by atoms with Crippen molar-refractivity contribution in [1.82, 2.24) is 24.6 Å². The van der Waals surface area contributed by atoms with E-state index in [1.54, 1.807) is 25.4 Å². The third-order valence-corrected chi connectivity index (χ3v) is 6.51. The molecule has 1 amide bonds. The van der Waals surface area contributed by atoms with E-state index in [1.165, 1.54) is 6.92 Å². The highest BCUT2D eigenvalue weighted by Gasteiger charge is 2.27. The average molecular weight is 552 g/mol. The third kappa shape index (κ3) is 8.79. The highest BCUT2D eigenvalue weighted by molar-refractivity contribution is 5.88. The van der Waals surface area contributed by atoms with E-state index in [0.717, 1.165) is 29.6 Å². The average Bonchev–Trinajstić information content (AvgIpc) is 3.36. The molecule has 4 heterocycles. The minimum Gasteiger partial charge on any atom is -0.338 e. The number of anilines is 3. The number of hydrogen-bond acceptors (Lipinski definition) is 6. The van der Waals surface area contributed by atoms with Crippen LogP contribution in [0.2, 0.25) is 0 Å². The molecular formula is C30H39F2N7O. The van der Waals surface area contributed by atoms with E-state index in [-0.39, 0.29) is 18.7 Å². The number of aryl methyl sites for hydroxylation is 1. The van der Waals surface area contributed by atoms with Crippen LogP contribution in [0.25, 0.3) is 17.0 Å². The fourth-order valence-corrected chi connectivity index (χ4v) is 4.11. The van der Waals surface area contributed by atoms with Crippen molar-refractivity contribution in [3.63, 3.8) is 0 Å². The molecule has 0 saturated heterocycles. The zero-order valence-electron chi connectivity index (χ0n) is 23.9. The first-order chi connectivity index (χ1) is 19.2. The van der Waals surface area contributed by atoms with Crippen LogP contribution in [0.4, 0.5) is 26.1 Å². The fraction of sp³-hybridized carbons (Fsp3) is 0.433. The summed E-state index contributed by atoms with van der Waals surface area (Å²) in [5.41, 5.74) is 3.48. The Morgan fingerprint density at radius 2 is 1.88 bits per heavy atom. The van der Waals surface area contributed by atoms with E-state index >= 15 is 0 Å². The van der Waals surface area contributed by atoms with Crippen molar-refractivity contribution in [3.8, 4) is 11.5 Å². The smallest absolute Gasteiger partial charge is 0.248 e. The number of hydrogen-bond donors (Lipinski definition) is 2. The van der Waals surface area contributed by atoms with Crippen LogP contribution >= 0.6 is 0 Å². The van der Waals surface area contributed by atoms with Gasteiger partial charge in [0.15, 0.2) is 5.82 Å².